The molecule has 28 heavy (non-hydrogen) atoms. The SMILES string of the molecule is [B]c1cc(C)c(NC(=O)C2CC(Br)=NN2c2ncccc2Cl)c(C(=O)NC)c1. The fourth-order valence-electron chi connectivity index (χ4n) is 2.92. The van der Waals surface area contributed by atoms with E-state index in [1.165, 1.54) is 18.1 Å². The molecule has 7 nitrogen and oxygen atoms in total. The molecular formula is C18H16BBrClN5O2. The average molecular weight is 461 g/mol. The van der Waals surface area contributed by atoms with Gasteiger partial charge in [-0.05, 0) is 40.5 Å². The normalized spacial score (nSPS) is 15.9. The number of pyridine rings is 1. The highest BCUT2D eigenvalue weighted by Crippen LogP contribution is 2.31. The summed E-state index contributed by atoms with van der Waals surface area (Å²) >= 11 is 9.57. The van der Waals surface area contributed by atoms with Crippen LogP contribution in [0.5, 0.6) is 0 Å². The van der Waals surface area contributed by atoms with Gasteiger partial charge in [0.1, 0.15) is 18.5 Å². The van der Waals surface area contributed by atoms with Crippen molar-refractivity contribution in [3.63, 3.8) is 0 Å². The number of carbonyl (C=O) groups excluding carboxylic acids is 2. The predicted octanol–water partition coefficient (Wildman–Crippen LogP) is 2.12. The van der Waals surface area contributed by atoms with Crippen LogP contribution in [-0.4, -0.2) is 42.4 Å². The lowest BCUT2D eigenvalue weighted by Gasteiger charge is -2.23. The van der Waals surface area contributed by atoms with Crippen LogP contribution in [0.1, 0.15) is 22.3 Å². The van der Waals surface area contributed by atoms with E-state index in [9.17, 15) is 9.59 Å². The minimum absolute atomic E-state index is 0.286. The number of rotatable bonds is 4. The summed E-state index contributed by atoms with van der Waals surface area (Å²) in [5.74, 6) is -0.323. The Bertz CT molecular complexity index is 984. The minimum atomic E-state index is -0.684. The summed E-state index contributed by atoms with van der Waals surface area (Å²) < 4.78 is 0.593. The first-order valence-electron chi connectivity index (χ1n) is 8.37. The quantitative estimate of drug-likeness (QED) is 0.685. The Morgan fingerprint density at radius 1 is 1.39 bits per heavy atom. The zero-order chi connectivity index (χ0) is 20.4. The second-order valence-electron chi connectivity index (χ2n) is 6.18. The molecule has 0 fully saturated rings. The first kappa shape index (κ1) is 20.4. The largest absolute Gasteiger partial charge is 0.355 e. The van der Waals surface area contributed by atoms with E-state index in [4.69, 9.17) is 19.4 Å². The molecule has 0 spiro atoms. The van der Waals surface area contributed by atoms with Gasteiger partial charge in [0.05, 0.1) is 16.3 Å². The lowest BCUT2D eigenvalue weighted by molar-refractivity contribution is -0.117. The van der Waals surface area contributed by atoms with Gasteiger partial charge in [0.15, 0.2) is 5.82 Å². The van der Waals surface area contributed by atoms with Crippen molar-refractivity contribution >= 4 is 68.8 Å². The van der Waals surface area contributed by atoms with Crippen LogP contribution in [0.15, 0.2) is 35.6 Å². The maximum absolute atomic E-state index is 13.1. The molecule has 2 aromatic rings. The Hall–Kier alpha value is -2.39. The Balaban J connectivity index is 1.93. The zero-order valence-electron chi connectivity index (χ0n) is 15.2. The fraction of sp³-hybridized carbons (Fsp3) is 0.222. The number of carbonyl (C=O) groups is 2. The van der Waals surface area contributed by atoms with Crippen LogP contribution in [0.3, 0.4) is 0 Å². The molecule has 0 bridgehead atoms. The lowest BCUT2D eigenvalue weighted by atomic mass is 9.90. The van der Waals surface area contributed by atoms with Gasteiger partial charge in [-0.1, -0.05) is 29.2 Å². The summed E-state index contributed by atoms with van der Waals surface area (Å²) in [4.78, 5) is 29.5. The van der Waals surface area contributed by atoms with Crippen LogP contribution in [0.4, 0.5) is 11.5 Å². The van der Waals surface area contributed by atoms with Crippen molar-refractivity contribution in [2.24, 2.45) is 5.10 Å². The third kappa shape index (κ3) is 4.05. The van der Waals surface area contributed by atoms with Crippen molar-refractivity contribution in [1.29, 1.82) is 0 Å². The van der Waals surface area contributed by atoms with Gasteiger partial charge in [-0.15, -0.1) is 0 Å². The Morgan fingerprint density at radius 2 is 2.14 bits per heavy atom. The number of nitrogens with zero attached hydrogens (tertiary/aromatic N) is 3. The number of halogens is 2. The molecule has 1 aliphatic heterocycles. The Morgan fingerprint density at radius 3 is 2.82 bits per heavy atom. The summed E-state index contributed by atoms with van der Waals surface area (Å²) in [7, 11) is 7.37. The molecule has 0 aliphatic carbocycles. The molecule has 1 aromatic heterocycles. The summed E-state index contributed by atoms with van der Waals surface area (Å²) in [6, 6.07) is 5.90. The Kier molecular flexibility index (Phi) is 6.05. The van der Waals surface area contributed by atoms with E-state index in [1.54, 1.807) is 31.3 Å². The molecule has 2 N–H and O–H groups in total. The van der Waals surface area contributed by atoms with E-state index in [-0.39, 0.29) is 17.4 Å². The number of hydrogen-bond donors (Lipinski definition) is 2. The molecule has 1 aromatic carbocycles. The molecule has 1 aliphatic rings. The van der Waals surface area contributed by atoms with Crippen LogP contribution in [-0.2, 0) is 4.79 Å². The lowest BCUT2D eigenvalue weighted by Crippen LogP contribution is -2.39. The number of benzene rings is 1. The van der Waals surface area contributed by atoms with E-state index in [0.717, 1.165) is 0 Å². The third-order valence-electron chi connectivity index (χ3n) is 4.21. The van der Waals surface area contributed by atoms with Gasteiger partial charge in [-0.2, -0.15) is 5.10 Å². The number of aryl methyl sites for hydroxylation is 1. The summed E-state index contributed by atoms with van der Waals surface area (Å²) in [6.07, 6.45) is 1.91. The predicted molar refractivity (Wildman–Crippen MR) is 115 cm³/mol. The average Bonchev–Trinajstić information content (AvgIpc) is 3.05. The number of aromatic nitrogens is 1. The van der Waals surface area contributed by atoms with Gasteiger partial charge in [0, 0.05) is 19.7 Å². The summed E-state index contributed by atoms with van der Waals surface area (Å²) in [5, 5.41) is 11.6. The molecule has 2 heterocycles. The first-order chi connectivity index (χ1) is 13.3. The maximum atomic E-state index is 13.1. The molecule has 3 rings (SSSR count). The fourth-order valence-corrected chi connectivity index (χ4v) is 3.61. The van der Waals surface area contributed by atoms with Crippen LogP contribution >= 0.6 is 27.5 Å². The van der Waals surface area contributed by atoms with E-state index in [1.807, 2.05) is 0 Å². The molecule has 0 saturated heterocycles. The van der Waals surface area contributed by atoms with Crippen LogP contribution in [0, 0.1) is 6.92 Å². The van der Waals surface area contributed by atoms with Gasteiger partial charge in [-0.3, -0.25) is 9.59 Å². The molecule has 2 amide bonds. The maximum Gasteiger partial charge on any atom is 0.253 e. The van der Waals surface area contributed by atoms with Crippen molar-refractivity contribution in [3.05, 3.63) is 46.6 Å². The third-order valence-corrected chi connectivity index (χ3v) is 4.99. The molecule has 2 radical (unpaired) electrons. The van der Waals surface area contributed by atoms with E-state index in [2.05, 4.69) is 36.6 Å². The van der Waals surface area contributed by atoms with Gasteiger partial charge >= 0.3 is 0 Å². The van der Waals surface area contributed by atoms with Crippen LogP contribution < -0.4 is 21.1 Å². The van der Waals surface area contributed by atoms with Gasteiger partial charge < -0.3 is 10.6 Å². The highest BCUT2D eigenvalue weighted by atomic mass is 79.9. The second kappa shape index (κ2) is 8.32. The van der Waals surface area contributed by atoms with Crippen molar-refractivity contribution in [1.82, 2.24) is 10.3 Å². The van der Waals surface area contributed by atoms with Gasteiger partial charge in [0.2, 0.25) is 5.91 Å². The highest BCUT2D eigenvalue weighted by molar-refractivity contribution is 9.18. The number of nitrogens with one attached hydrogen (secondary N) is 2. The molecule has 1 atom stereocenters. The standard InChI is InChI=1S/C18H16BBrClN5O2/c1-9-6-10(19)7-11(17(27)22-2)15(9)24-18(28)13-8-14(20)25-26(13)16-12(21)4-3-5-23-16/h3-7,13H,8H2,1-2H3,(H,22,27)(H,24,28). The van der Waals surface area contributed by atoms with E-state index < -0.39 is 6.04 Å². The second-order valence-corrected chi connectivity index (χ2v) is 7.50. The molecular weight excluding hydrogens is 444 g/mol. The Labute approximate surface area is 177 Å². The van der Waals surface area contributed by atoms with Crippen LogP contribution in [0.2, 0.25) is 5.02 Å². The van der Waals surface area contributed by atoms with Crippen molar-refractivity contribution in [3.8, 4) is 0 Å². The molecule has 142 valence electrons. The van der Waals surface area contributed by atoms with E-state index in [0.29, 0.717) is 38.6 Å². The monoisotopic (exact) mass is 459 g/mol. The van der Waals surface area contributed by atoms with Crippen molar-refractivity contribution in [2.45, 2.75) is 19.4 Å². The van der Waals surface area contributed by atoms with Gasteiger partial charge in [0.25, 0.3) is 5.91 Å². The van der Waals surface area contributed by atoms with Crippen molar-refractivity contribution in [2.75, 3.05) is 17.4 Å². The summed E-state index contributed by atoms with van der Waals surface area (Å²) in [6.45, 7) is 1.77. The van der Waals surface area contributed by atoms with E-state index >= 15 is 0 Å². The number of hydrazone groups is 1. The smallest absolute Gasteiger partial charge is 0.253 e. The highest BCUT2D eigenvalue weighted by Gasteiger charge is 2.35. The molecule has 0 saturated carbocycles. The first-order valence-corrected chi connectivity index (χ1v) is 9.54. The topological polar surface area (TPSA) is 86.7 Å². The number of hydrogen-bond acceptors (Lipinski definition) is 5. The molecule has 10 heteroatoms. The molecule has 1 unspecified atom stereocenters. The number of amides is 2. The summed E-state index contributed by atoms with van der Waals surface area (Å²) in [5.41, 5.74) is 1.79. The van der Waals surface area contributed by atoms with Crippen molar-refractivity contribution < 1.29 is 9.59 Å². The zero-order valence-corrected chi connectivity index (χ0v) is 17.5. The van der Waals surface area contributed by atoms with Crippen LogP contribution in [0.25, 0.3) is 0 Å². The minimum Gasteiger partial charge on any atom is -0.355 e. The van der Waals surface area contributed by atoms with Gasteiger partial charge in [-0.25, -0.2) is 9.99 Å². The number of anilines is 2.